The van der Waals surface area contributed by atoms with Gasteiger partial charge in [0, 0.05) is 70.3 Å². The van der Waals surface area contributed by atoms with E-state index < -0.39 is 11.6 Å². The van der Waals surface area contributed by atoms with Gasteiger partial charge in [0.1, 0.15) is 17.4 Å². The van der Waals surface area contributed by atoms with Crippen LogP contribution in [0.1, 0.15) is 30.8 Å². The first-order valence-corrected chi connectivity index (χ1v) is 14.4. The minimum Gasteiger partial charge on any atom is -0.490 e. The van der Waals surface area contributed by atoms with Gasteiger partial charge >= 0.3 is 0 Å². The number of halogens is 2. The van der Waals surface area contributed by atoms with Crippen LogP contribution in [0.5, 0.6) is 5.75 Å². The van der Waals surface area contributed by atoms with Crippen LogP contribution in [0.15, 0.2) is 60.8 Å². The van der Waals surface area contributed by atoms with E-state index in [-0.39, 0.29) is 23.3 Å². The molecule has 10 heteroatoms. The van der Waals surface area contributed by atoms with Crippen LogP contribution in [0.4, 0.5) is 8.78 Å². The Morgan fingerprint density at radius 3 is 2.69 bits per heavy atom. The van der Waals surface area contributed by atoms with Gasteiger partial charge in [0.2, 0.25) is 5.91 Å². The second-order valence-corrected chi connectivity index (χ2v) is 11.3. The summed E-state index contributed by atoms with van der Waals surface area (Å²) >= 11 is 1.43. The molecule has 1 aliphatic rings. The second-order valence-electron chi connectivity index (χ2n) is 10.4. The molecule has 4 aromatic heterocycles. The monoisotopic (exact) mass is 583 g/mol. The maximum absolute atomic E-state index is 15.9. The molecular formula is C32H27F2N5O2S. The Morgan fingerprint density at radius 1 is 1.12 bits per heavy atom. The number of nitrogens with zero attached hydrogens (tertiary/aromatic N) is 5. The smallest absolute Gasteiger partial charge is 0.246 e. The average molecular weight is 584 g/mol. The van der Waals surface area contributed by atoms with Crippen molar-refractivity contribution in [2.24, 2.45) is 0 Å². The maximum atomic E-state index is 15.9. The summed E-state index contributed by atoms with van der Waals surface area (Å²) in [5.41, 5.74) is 5.57. The van der Waals surface area contributed by atoms with Crippen molar-refractivity contribution < 1.29 is 18.3 Å². The Bertz CT molecular complexity index is 1870. The predicted molar refractivity (Wildman–Crippen MR) is 159 cm³/mol. The summed E-state index contributed by atoms with van der Waals surface area (Å²) in [4.78, 5) is 24.0. The predicted octanol–water partition coefficient (Wildman–Crippen LogP) is 6.93. The van der Waals surface area contributed by atoms with E-state index in [4.69, 9.17) is 14.7 Å². The fourth-order valence-electron chi connectivity index (χ4n) is 5.30. The van der Waals surface area contributed by atoms with Crippen molar-refractivity contribution in [3.8, 4) is 39.4 Å². The van der Waals surface area contributed by atoms with Crippen LogP contribution in [0.25, 0.3) is 43.7 Å². The van der Waals surface area contributed by atoms with E-state index >= 15 is 4.39 Å². The molecule has 5 heterocycles. The molecule has 0 unspecified atom stereocenters. The van der Waals surface area contributed by atoms with E-state index in [0.29, 0.717) is 42.0 Å². The maximum Gasteiger partial charge on any atom is 0.246 e. The number of aryl methyl sites for hydroxylation is 1. The largest absolute Gasteiger partial charge is 0.490 e. The Balaban J connectivity index is 1.66. The van der Waals surface area contributed by atoms with Crippen molar-refractivity contribution in [1.29, 1.82) is 0 Å². The summed E-state index contributed by atoms with van der Waals surface area (Å²) in [6, 6.07) is 7.83. The molecule has 0 aliphatic carbocycles. The summed E-state index contributed by atoms with van der Waals surface area (Å²) < 4.78 is 37.1. The first-order chi connectivity index (χ1) is 20.2. The van der Waals surface area contributed by atoms with Gasteiger partial charge in [-0.05, 0) is 56.0 Å². The number of aromatic nitrogens is 4. The van der Waals surface area contributed by atoms with Crippen LogP contribution in [0.2, 0.25) is 0 Å². The molecule has 1 amide bonds. The number of rotatable bonds is 6. The van der Waals surface area contributed by atoms with Crippen molar-refractivity contribution in [2.75, 3.05) is 6.54 Å². The lowest BCUT2D eigenvalue weighted by molar-refractivity contribution is -0.126. The molecule has 1 aromatic carbocycles. The van der Waals surface area contributed by atoms with E-state index in [1.165, 1.54) is 23.5 Å². The zero-order valence-corrected chi connectivity index (χ0v) is 24.1. The molecule has 0 bridgehead atoms. The minimum absolute atomic E-state index is 0.0862. The summed E-state index contributed by atoms with van der Waals surface area (Å²) in [7, 11) is 0. The average Bonchev–Trinajstić information content (AvgIpc) is 3.45. The third kappa shape index (κ3) is 5.02. The van der Waals surface area contributed by atoms with Gasteiger partial charge in [-0.3, -0.25) is 9.78 Å². The fraction of sp³-hybridized carbons (Fsp3) is 0.219. The quantitative estimate of drug-likeness (QED) is 0.202. The molecule has 0 spiro atoms. The summed E-state index contributed by atoms with van der Waals surface area (Å²) in [5, 5.41) is 10.9. The molecule has 0 N–H and O–H groups in total. The van der Waals surface area contributed by atoms with Gasteiger partial charge in [-0.2, -0.15) is 10.2 Å². The number of fused-ring (bicyclic) bond motifs is 2. The number of pyridine rings is 2. The zero-order chi connectivity index (χ0) is 29.5. The second kappa shape index (κ2) is 11.0. The van der Waals surface area contributed by atoms with Crippen LogP contribution in [-0.2, 0) is 17.8 Å². The first kappa shape index (κ1) is 27.6. The van der Waals surface area contributed by atoms with Crippen molar-refractivity contribution in [1.82, 2.24) is 25.1 Å². The normalized spacial score (nSPS) is 13.0. The highest BCUT2D eigenvalue weighted by atomic mass is 32.1. The van der Waals surface area contributed by atoms with E-state index in [9.17, 15) is 9.18 Å². The van der Waals surface area contributed by atoms with E-state index in [1.807, 2.05) is 30.5 Å². The standard InChI is InChI=1S/C32H27F2N5O2S/c1-5-27(40)39-8-6-25-21(16-39)11-20(14-35-25)31-29(28-24(34)12-22(33)13-26(28)41-17(2)3)32-23(7-9-42-32)30(37-31)19-10-18(4)38-36-15-19/h5,7,9-15,17H,1,6,8,16H2,2-4H3. The number of hydrogen-bond acceptors (Lipinski definition) is 7. The highest BCUT2D eigenvalue weighted by Gasteiger charge is 2.27. The SMILES string of the molecule is C=CC(=O)N1CCc2ncc(-c3nc(-c4cnnc(C)c4)c4ccsc4c3-c3c(F)cc(F)cc3OC(C)C)cc2C1. The Labute approximate surface area is 245 Å². The fourth-order valence-corrected chi connectivity index (χ4v) is 6.25. The number of ether oxygens (including phenoxy) is 1. The molecule has 5 aromatic rings. The van der Waals surface area contributed by atoms with Gasteiger partial charge in [0.05, 0.1) is 34.9 Å². The molecule has 0 saturated heterocycles. The van der Waals surface area contributed by atoms with Gasteiger partial charge in [-0.25, -0.2) is 13.8 Å². The van der Waals surface area contributed by atoms with E-state index in [1.54, 1.807) is 31.1 Å². The van der Waals surface area contributed by atoms with Crippen LogP contribution in [0, 0.1) is 18.6 Å². The lowest BCUT2D eigenvalue weighted by atomic mass is 9.94. The number of carbonyl (C=O) groups is 1. The number of amides is 1. The van der Waals surface area contributed by atoms with Crippen LogP contribution >= 0.6 is 11.3 Å². The summed E-state index contributed by atoms with van der Waals surface area (Å²) in [6.07, 6.45) is 4.94. The number of benzene rings is 1. The first-order valence-electron chi connectivity index (χ1n) is 13.5. The number of carbonyl (C=O) groups excluding carboxylic acids is 1. The van der Waals surface area contributed by atoms with Gasteiger partial charge in [0.25, 0.3) is 0 Å². The highest BCUT2D eigenvalue weighted by Crippen LogP contribution is 2.47. The Hall–Kier alpha value is -4.57. The van der Waals surface area contributed by atoms with Crippen LogP contribution < -0.4 is 4.74 Å². The lowest BCUT2D eigenvalue weighted by Gasteiger charge is -2.27. The van der Waals surface area contributed by atoms with Crippen molar-refractivity contribution >= 4 is 27.3 Å². The summed E-state index contributed by atoms with van der Waals surface area (Å²) in [5.74, 6) is -1.56. The number of hydrogen-bond donors (Lipinski definition) is 0. The molecule has 0 atom stereocenters. The van der Waals surface area contributed by atoms with Gasteiger partial charge < -0.3 is 9.64 Å². The molecule has 42 heavy (non-hydrogen) atoms. The topological polar surface area (TPSA) is 81.1 Å². The Morgan fingerprint density at radius 2 is 1.93 bits per heavy atom. The molecule has 0 radical (unpaired) electrons. The van der Waals surface area contributed by atoms with Crippen LogP contribution in [-0.4, -0.2) is 43.6 Å². The Kier molecular flexibility index (Phi) is 7.24. The third-order valence-electron chi connectivity index (χ3n) is 7.09. The molecule has 0 saturated carbocycles. The van der Waals surface area contributed by atoms with E-state index in [2.05, 4.69) is 16.8 Å². The molecule has 212 valence electrons. The molecule has 6 rings (SSSR count). The molecule has 7 nitrogen and oxygen atoms in total. The highest BCUT2D eigenvalue weighted by molar-refractivity contribution is 7.18. The summed E-state index contributed by atoms with van der Waals surface area (Å²) in [6.45, 7) is 9.98. The lowest BCUT2D eigenvalue weighted by Crippen LogP contribution is -2.35. The van der Waals surface area contributed by atoms with Crippen molar-refractivity contribution in [2.45, 2.75) is 39.8 Å². The van der Waals surface area contributed by atoms with Crippen LogP contribution in [0.3, 0.4) is 0 Å². The molecule has 0 fully saturated rings. The molecule has 1 aliphatic heterocycles. The molecular weight excluding hydrogens is 556 g/mol. The third-order valence-corrected chi connectivity index (χ3v) is 8.02. The van der Waals surface area contributed by atoms with Crippen molar-refractivity contribution in [3.63, 3.8) is 0 Å². The minimum atomic E-state index is -0.758. The number of thiophene rings is 1. The van der Waals surface area contributed by atoms with Gasteiger partial charge in [-0.1, -0.05) is 6.58 Å². The van der Waals surface area contributed by atoms with Gasteiger partial charge in [-0.15, -0.1) is 11.3 Å². The zero-order valence-electron chi connectivity index (χ0n) is 23.3. The van der Waals surface area contributed by atoms with E-state index in [0.717, 1.165) is 38.7 Å². The van der Waals surface area contributed by atoms with Crippen molar-refractivity contribution in [3.05, 3.63) is 89.3 Å². The van der Waals surface area contributed by atoms with Gasteiger partial charge in [0.15, 0.2) is 0 Å².